The van der Waals surface area contributed by atoms with Gasteiger partial charge in [0.1, 0.15) is 0 Å². The maximum Gasteiger partial charge on any atom is 0.268 e. The number of ether oxygens (including phenoxy) is 1. The lowest BCUT2D eigenvalue weighted by Gasteiger charge is -2.11. The quantitative estimate of drug-likeness (QED) is 0.521. The van der Waals surface area contributed by atoms with Crippen LogP contribution in [0.25, 0.3) is 0 Å². The van der Waals surface area contributed by atoms with Crippen LogP contribution in [-0.2, 0) is 10.0 Å². The number of nitrogens with one attached hydrogen (secondary N) is 1. The minimum atomic E-state index is -5.08. The Morgan fingerprint density at radius 3 is 1.91 bits per heavy atom. The molecule has 0 aliphatic carbocycles. The molecule has 0 fully saturated rings. The normalized spacial score (nSPS) is 11.4. The van der Waals surface area contributed by atoms with Crippen molar-refractivity contribution >= 4 is 15.7 Å². The lowest BCUT2D eigenvalue weighted by molar-refractivity contribution is 0.358. The molecule has 0 atom stereocenters. The fourth-order valence-electron chi connectivity index (χ4n) is 1.59. The molecule has 5 nitrogen and oxygen atoms in total. The lowest BCUT2D eigenvalue weighted by atomic mass is 10.3. The lowest BCUT2D eigenvalue weighted by Crippen LogP contribution is -2.19. The molecule has 0 radical (unpaired) electrons. The minimum Gasteiger partial charge on any atom is -0.481 e. The first kappa shape index (κ1) is 16.9. The van der Waals surface area contributed by atoms with Crippen molar-refractivity contribution in [2.75, 3.05) is 11.8 Å². The SMILES string of the molecule is COc1ccc(NS(=O)(=O)c2c(F)c(F)c(F)c(F)c2F)cn1. The van der Waals surface area contributed by atoms with E-state index >= 15 is 0 Å². The van der Waals surface area contributed by atoms with Crippen molar-refractivity contribution in [3.05, 3.63) is 47.4 Å². The second-order valence-corrected chi connectivity index (χ2v) is 5.71. The minimum absolute atomic E-state index is 0.115. The molecule has 0 saturated heterocycles. The van der Waals surface area contributed by atoms with Crippen LogP contribution in [0.15, 0.2) is 23.2 Å². The number of hydrogen-bond acceptors (Lipinski definition) is 4. The topological polar surface area (TPSA) is 68.3 Å². The maximum absolute atomic E-state index is 13.5. The van der Waals surface area contributed by atoms with E-state index < -0.39 is 44.0 Å². The first-order chi connectivity index (χ1) is 10.7. The van der Waals surface area contributed by atoms with Gasteiger partial charge in [0.2, 0.25) is 11.7 Å². The van der Waals surface area contributed by atoms with Crippen molar-refractivity contribution in [3.8, 4) is 5.88 Å². The summed E-state index contributed by atoms with van der Waals surface area (Å²) in [5.41, 5.74) is -0.269. The molecular formula is C12H7F5N2O3S. The number of halogens is 5. The Balaban J connectivity index is 2.51. The van der Waals surface area contributed by atoms with Crippen molar-refractivity contribution < 1.29 is 35.1 Å². The van der Waals surface area contributed by atoms with E-state index in [4.69, 9.17) is 4.74 Å². The second-order valence-electron chi connectivity index (χ2n) is 4.09. The molecule has 1 heterocycles. The van der Waals surface area contributed by atoms with E-state index in [1.807, 2.05) is 0 Å². The van der Waals surface area contributed by atoms with E-state index in [2.05, 4.69) is 4.98 Å². The Morgan fingerprint density at radius 1 is 0.957 bits per heavy atom. The van der Waals surface area contributed by atoms with Gasteiger partial charge in [0.25, 0.3) is 10.0 Å². The molecule has 2 aromatic rings. The monoisotopic (exact) mass is 354 g/mol. The number of pyridine rings is 1. The summed E-state index contributed by atoms with van der Waals surface area (Å²) in [5.74, 6) is -12.0. The Bertz CT molecular complexity index is 827. The van der Waals surface area contributed by atoms with Crippen LogP contribution in [0.1, 0.15) is 0 Å². The smallest absolute Gasteiger partial charge is 0.268 e. The van der Waals surface area contributed by atoms with Gasteiger partial charge in [-0.05, 0) is 6.07 Å². The summed E-state index contributed by atoms with van der Waals surface area (Å²) in [6.07, 6.45) is 0.933. The molecular weight excluding hydrogens is 347 g/mol. The first-order valence-electron chi connectivity index (χ1n) is 5.73. The summed E-state index contributed by atoms with van der Waals surface area (Å²) in [4.78, 5) is 1.64. The Labute approximate surface area is 126 Å². The van der Waals surface area contributed by atoms with E-state index in [0.717, 1.165) is 12.3 Å². The van der Waals surface area contributed by atoms with Crippen molar-refractivity contribution in [1.82, 2.24) is 4.98 Å². The molecule has 0 aliphatic rings. The number of rotatable bonds is 4. The molecule has 0 saturated carbocycles. The molecule has 11 heteroatoms. The van der Waals surface area contributed by atoms with Crippen molar-refractivity contribution in [3.63, 3.8) is 0 Å². The average Bonchev–Trinajstić information content (AvgIpc) is 2.51. The van der Waals surface area contributed by atoms with Gasteiger partial charge in [-0.3, -0.25) is 4.72 Å². The number of methoxy groups -OCH3 is 1. The van der Waals surface area contributed by atoms with Crippen molar-refractivity contribution in [2.24, 2.45) is 0 Å². The maximum atomic E-state index is 13.5. The Hall–Kier alpha value is -2.43. The van der Waals surface area contributed by atoms with Gasteiger partial charge >= 0.3 is 0 Å². The van der Waals surface area contributed by atoms with Crippen LogP contribution in [0, 0.1) is 29.1 Å². The number of nitrogens with zero attached hydrogens (tertiary/aromatic N) is 1. The Kier molecular flexibility index (Phi) is 4.41. The highest BCUT2D eigenvalue weighted by Gasteiger charge is 2.33. The Morgan fingerprint density at radius 2 is 1.48 bits per heavy atom. The summed E-state index contributed by atoms with van der Waals surface area (Å²) in [5, 5.41) is 0. The van der Waals surface area contributed by atoms with Crippen LogP contribution in [0.2, 0.25) is 0 Å². The number of benzene rings is 1. The summed E-state index contributed by atoms with van der Waals surface area (Å²) >= 11 is 0. The largest absolute Gasteiger partial charge is 0.481 e. The van der Waals surface area contributed by atoms with E-state index in [0.29, 0.717) is 0 Å². The van der Waals surface area contributed by atoms with Gasteiger partial charge in [-0.25, -0.2) is 35.4 Å². The zero-order valence-electron chi connectivity index (χ0n) is 11.2. The highest BCUT2D eigenvalue weighted by Crippen LogP contribution is 2.28. The third-order valence-electron chi connectivity index (χ3n) is 2.64. The molecule has 1 N–H and O–H groups in total. The van der Waals surface area contributed by atoms with Gasteiger partial charge in [0.05, 0.1) is 19.0 Å². The molecule has 0 unspecified atom stereocenters. The summed E-state index contributed by atoms with van der Waals surface area (Å²) in [7, 11) is -3.79. The molecule has 23 heavy (non-hydrogen) atoms. The van der Waals surface area contributed by atoms with Crippen LogP contribution >= 0.6 is 0 Å². The van der Waals surface area contributed by atoms with E-state index in [1.54, 1.807) is 4.72 Å². The highest BCUT2D eigenvalue weighted by molar-refractivity contribution is 7.92. The predicted molar refractivity (Wildman–Crippen MR) is 67.8 cm³/mol. The van der Waals surface area contributed by atoms with Crippen LogP contribution in [0.5, 0.6) is 5.88 Å². The number of anilines is 1. The molecule has 1 aromatic carbocycles. The van der Waals surface area contributed by atoms with Gasteiger partial charge in [-0.1, -0.05) is 0 Å². The standard InChI is InChI=1S/C12H7F5N2O3S/c1-22-6-3-2-5(4-18-6)19-23(20,21)12-10(16)8(14)7(13)9(15)11(12)17/h2-4,19H,1H3. The van der Waals surface area contributed by atoms with Crippen LogP contribution in [0.4, 0.5) is 27.6 Å². The van der Waals surface area contributed by atoms with Crippen LogP contribution in [0.3, 0.4) is 0 Å². The molecule has 0 bridgehead atoms. The van der Waals surface area contributed by atoms with Gasteiger partial charge in [-0.2, -0.15) is 0 Å². The van der Waals surface area contributed by atoms with E-state index in [-0.39, 0.29) is 11.6 Å². The van der Waals surface area contributed by atoms with Crippen molar-refractivity contribution in [1.29, 1.82) is 0 Å². The van der Waals surface area contributed by atoms with Gasteiger partial charge in [0, 0.05) is 6.07 Å². The van der Waals surface area contributed by atoms with E-state index in [1.165, 1.54) is 13.2 Å². The molecule has 124 valence electrons. The molecule has 2 rings (SSSR count). The third-order valence-corrected chi connectivity index (χ3v) is 4.04. The number of aromatic nitrogens is 1. The molecule has 0 aliphatic heterocycles. The molecule has 1 aromatic heterocycles. The number of hydrogen-bond donors (Lipinski definition) is 1. The average molecular weight is 354 g/mol. The fourth-order valence-corrected chi connectivity index (χ4v) is 2.77. The highest BCUT2D eigenvalue weighted by atomic mass is 32.2. The van der Waals surface area contributed by atoms with Crippen molar-refractivity contribution in [2.45, 2.75) is 4.90 Å². The fraction of sp³-hybridized carbons (Fsp3) is 0.0833. The van der Waals surface area contributed by atoms with Gasteiger partial charge < -0.3 is 4.74 Å². The summed E-state index contributed by atoms with van der Waals surface area (Å²) in [6.45, 7) is 0. The number of sulfonamides is 1. The predicted octanol–water partition coefficient (Wildman–Crippen LogP) is 2.59. The first-order valence-corrected chi connectivity index (χ1v) is 7.21. The summed E-state index contributed by atoms with van der Waals surface area (Å²) < 4.78 is 96.4. The zero-order valence-corrected chi connectivity index (χ0v) is 12.0. The summed E-state index contributed by atoms with van der Waals surface area (Å²) in [6, 6.07) is 2.34. The third kappa shape index (κ3) is 3.04. The van der Waals surface area contributed by atoms with E-state index in [9.17, 15) is 30.4 Å². The van der Waals surface area contributed by atoms with Gasteiger partial charge in [0.15, 0.2) is 28.2 Å². The second kappa shape index (κ2) is 5.99. The van der Waals surface area contributed by atoms with Crippen LogP contribution in [-0.4, -0.2) is 20.5 Å². The van der Waals surface area contributed by atoms with Gasteiger partial charge in [-0.15, -0.1) is 0 Å². The molecule has 0 spiro atoms. The van der Waals surface area contributed by atoms with Crippen LogP contribution < -0.4 is 9.46 Å². The zero-order chi connectivity index (χ0) is 17.4. The molecule has 0 amide bonds.